The molecule has 0 radical (unpaired) electrons. The molecule has 1 aromatic carbocycles. The lowest BCUT2D eigenvalue weighted by atomic mass is 9.84. The molecule has 1 atom stereocenters. The lowest BCUT2D eigenvalue weighted by Crippen LogP contribution is -2.49. The van der Waals surface area contributed by atoms with E-state index in [0.717, 1.165) is 52.2 Å². The molecule has 85 heavy (non-hydrogen) atoms. The summed E-state index contributed by atoms with van der Waals surface area (Å²) >= 11 is 1.53. The zero-order valence-electron chi connectivity index (χ0n) is 48.6. The number of nitrogens with one attached hydrogen (secondary N) is 3. The molecule has 0 bridgehead atoms. The predicted molar refractivity (Wildman–Crippen MR) is 315 cm³/mol. The molecule has 2 saturated heterocycles. The van der Waals surface area contributed by atoms with Crippen LogP contribution in [0.15, 0.2) is 48.1 Å². The van der Waals surface area contributed by atoms with Gasteiger partial charge in [-0.25, -0.2) is 4.68 Å². The molecule has 6 N–H and O–H groups in total. The van der Waals surface area contributed by atoms with E-state index in [4.69, 9.17) is 14.6 Å². The Hall–Kier alpha value is -7.52. The van der Waals surface area contributed by atoms with E-state index in [1.54, 1.807) is 29.3 Å². The van der Waals surface area contributed by atoms with Gasteiger partial charge >= 0.3 is 17.9 Å². The molecule has 5 amide bonds. The molecule has 26 heteroatoms. The molecule has 4 aromatic rings. The molecule has 3 aromatic heterocycles. The number of nitrogens with zero attached hydrogens (tertiary/aromatic N) is 9. The standard InChI is InChI=1S/C59H80N12O13S/c1-3-65-20-22-66(24-25-68(39-54(78)79)27-26-67(23-21-65)38-53(76)77)37-50(73)61-17-15-49(72)63-47(13-14-52(74)75)57(80)62-16-6-30-84-43-32-42(35-60-36-43)45-34-46-41(33-48(45)83-2)11-12-44-55(64-71(56(44)46)51-10-5-31-85-51)59(82)70-19-7-18-69(28-29-70)58(81)40-8-4-9-40/h5,10,31-36,40,47H,3-4,6-9,11-30,37-39H2,1-2H3,(H,61,73)(H,62,80)(H,63,72)(H,74,75)(H,76,77)(H,78,79). The third kappa shape index (κ3) is 17.8. The number of thiophene rings is 1. The summed E-state index contributed by atoms with van der Waals surface area (Å²) in [7, 11) is 1.61. The number of ether oxygens (including phenoxy) is 2. The van der Waals surface area contributed by atoms with Crippen molar-refractivity contribution < 1.29 is 63.1 Å². The molecule has 0 spiro atoms. The lowest BCUT2D eigenvalue weighted by molar-refractivity contribution is -0.140. The predicted octanol–water partition coefficient (Wildman–Crippen LogP) is 2.40. The SMILES string of the molecule is CCN1CCN(CC(=O)O)CCN(CC(=O)O)CCN(CC(=O)NCCC(=O)NC(CCC(=O)O)C(=O)NCCCOc2cncc(-c3cc4c(cc3OC)CCc3c(C(=O)N5CCCN(C(=O)C6CCC6)CC5)nn(-c5cccs5)c3-4)c2)CC1. The average molecular weight is 1200 g/mol. The first-order chi connectivity index (χ1) is 41.1. The van der Waals surface area contributed by atoms with Gasteiger partial charge in [0.15, 0.2) is 5.69 Å². The Morgan fingerprint density at radius 1 is 0.718 bits per heavy atom. The van der Waals surface area contributed by atoms with Crippen molar-refractivity contribution in [1.29, 1.82) is 0 Å². The minimum atomic E-state index is -1.16. The number of aliphatic carboxylic acids is 3. The Morgan fingerprint density at radius 2 is 1.40 bits per heavy atom. The maximum absolute atomic E-state index is 14.5. The zero-order chi connectivity index (χ0) is 60.4. The largest absolute Gasteiger partial charge is 0.496 e. The fourth-order valence-electron chi connectivity index (χ4n) is 11.2. The highest BCUT2D eigenvalue weighted by Gasteiger charge is 2.35. The van der Waals surface area contributed by atoms with Gasteiger partial charge in [0.1, 0.15) is 22.5 Å². The number of benzene rings is 1. The third-order valence-corrected chi connectivity index (χ3v) is 17.0. The van der Waals surface area contributed by atoms with E-state index in [1.807, 2.05) is 56.0 Å². The van der Waals surface area contributed by atoms with Gasteiger partial charge in [-0.05, 0) is 92.8 Å². The van der Waals surface area contributed by atoms with Gasteiger partial charge in [0, 0.05) is 139 Å². The van der Waals surface area contributed by atoms with E-state index in [1.165, 1.54) is 11.3 Å². The minimum absolute atomic E-state index is 0.0210. The van der Waals surface area contributed by atoms with E-state index < -0.39 is 35.8 Å². The van der Waals surface area contributed by atoms with Gasteiger partial charge in [0.2, 0.25) is 23.6 Å². The number of carboxylic acid groups (broad SMARTS) is 3. The zero-order valence-corrected chi connectivity index (χ0v) is 49.5. The second-order valence-corrected chi connectivity index (χ2v) is 22.9. The fourth-order valence-corrected chi connectivity index (χ4v) is 11.8. The molecule has 1 unspecified atom stereocenters. The topological polar surface area (TPSA) is 302 Å². The van der Waals surface area contributed by atoms with E-state index >= 15 is 0 Å². The summed E-state index contributed by atoms with van der Waals surface area (Å²) in [6.45, 7) is 8.21. The van der Waals surface area contributed by atoms with Crippen LogP contribution in [-0.2, 0) is 46.4 Å². The number of hydrogen-bond donors (Lipinski definition) is 6. The smallest absolute Gasteiger partial charge is 0.317 e. The van der Waals surface area contributed by atoms with Crippen LogP contribution in [0, 0.1) is 5.92 Å². The van der Waals surface area contributed by atoms with Gasteiger partial charge in [0.25, 0.3) is 5.91 Å². The summed E-state index contributed by atoms with van der Waals surface area (Å²) < 4.78 is 14.0. The molecule has 25 nitrogen and oxygen atoms in total. The molecule has 4 aliphatic rings. The highest BCUT2D eigenvalue weighted by atomic mass is 32.1. The number of carboxylic acids is 3. The monoisotopic (exact) mass is 1200 g/mol. The van der Waals surface area contributed by atoms with Gasteiger partial charge in [0.05, 0.1) is 45.2 Å². The Balaban J connectivity index is 0.838. The fraction of sp³-hybridized carbons (Fsp3) is 0.559. The van der Waals surface area contributed by atoms with Crippen LogP contribution in [-0.4, -0.2) is 244 Å². The van der Waals surface area contributed by atoms with Gasteiger partial charge in [-0.3, -0.25) is 58.0 Å². The molecule has 460 valence electrons. The number of carbonyl (C=O) groups excluding carboxylic acids is 5. The van der Waals surface area contributed by atoms with Crippen LogP contribution < -0.4 is 25.4 Å². The van der Waals surface area contributed by atoms with Crippen molar-refractivity contribution in [3.05, 3.63) is 64.9 Å². The lowest BCUT2D eigenvalue weighted by Gasteiger charge is -2.33. The van der Waals surface area contributed by atoms with Crippen LogP contribution >= 0.6 is 11.3 Å². The maximum atomic E-state index is 14.5. The Kier molecular flexibility index (Phi) is 23.2. The molecular weight excluding hydrogens is 1120 g/mol. The highest BCUT2D eigenvalue weighted by molar-refractivity contribution is 7.12. The van der Waals surface area contributed by atoms with Crippen LogP contribution in [0.5, 0.6) is 11.5 Å². The Labute approximate surface area is 498 Å². The van der Waals surface area contributed by atoms with Crippen molar-refractivity contribution in [2.24, 2.45) is 5.92 Å². The number of carbonyl (C=O) groups is 8. The van der Waals surface area contributed by atoms with Crippen LogP contribution in [0.1, 0.15) is 79.9 Å². The second kappa shape index (κ2) is 31.0. The van der Waals surface area contributed by atoms with Crippen LogP contribution in [0.3, 0.4) is 0 Å². The molecule has 8 rings (SSSR count). The van der Waals surface area contributed by atoms with Gasteiger partial charge < -0.3 is 55.4 Å². The number of pyridine rings is 1. The number of aromatic nitrogens is 3. The van der Waals surface area contributed by atoms with Crippen LogP contribution in [0.2, 0.25) is 0 Å². The number of hydrogen-bond acceptors (Lipinski definition) is 17. The normalized spacial score (nSPS) is 17.2. The molecule has 2 aliphatic carbocycles. The minimum Gasteiger partial charge on any atom is -0.496 e. The molecule has 5 heterocycles. The van der Waals surface area contributed by atoms with Crippen molar-refractivity contribution in [3.8, 4) is 38.9 Å². The van der Waals surface area contributed by atoms with Gasteiger partial charge in [-0.2, -0.15) is 5.10 Å². The maximum Gasteiger partial charge on any atom is 0.317 e. The highest BCUT2D eigenvalue weighted by Crippen LogP contribution is 2.44. The van der Waals surface area contributed by atoms with E-state index in [-0.39, 0.29) is 82.2 Å². The summed E-state index contributed by atoms with van der Waals surface area (Å²) in [6, 6.07) is 8.71. The Morgan fingerprint density at radius 3 is 2.04 bits per heavy atom. The molecular formula is C59H80N12O13S. The molecule has 2 aliphatic heterocycles. The van der Waals surface area contributed by atoms with Crippen molar-refractivity contribution >= 4 is 58.8 Å². The quantitative estimate of drug-likeness (QED) is 0.0519. The van der Waals surface area contributed by atoms with Gasteiger partial charge in [-0.1, -0.05) is 13.3 Å². The summed E-state index contributed by atoms with van der Waals surface area (Å²) in [5.41, 5.74) is 5.56. The van der Waals surface area contributed by atoms with E-state index in [2.05, 4.69) is 31.9 Å². The number of amides is 5. The average Bonchev–Trinajstić information content (AvgIpc) is 1.79. The Bertz CT molecular complexity index is 2990. The number of fused-ring (bicyclic) bond motifs is 3. The summed E-state index contributed by atoms with van der Waals surface area (Å²) in [6.07, 6.45) is 7.85. The first-order valence-electron chi connectivity index (χ1n) is 29.5. The number of aryl methyl sites for hydroxylation is 1. The van der Waals surface area contributed by atoms with Crippen molar-refractivity contribution in [1.82, 2.24) is 60.1 Å². The van der Waals surface area contributed by atoms with E-state index in [9.17, 15) is 53.7 Å². The van der Waals surface area contributed by atoms with Crippen LogP contribution in [0.25, 0.3) is 27.4 Å². The van der Waals surface area contributed by atoms with Crippen molar-refractivity contribution in [2.45, 2.75) is 77.2 Å². The number of methoxy groups -OCH3 is 1. The second-order valence-electron chi connectivity index (χ2n) is 22.0. The summed E-state index contributed by atoms with van der Waals surface area (Å²) in [5, 5.41) is 44.4. The molecule has 3 fully saturated rings. The number of rotatable bonds is 25. The third-order valence-electron chi connectivity index (χ3n) is 16.1. The first kappa shape index (κ1) is 63.5. The van der Waals surface area contributed by atoms with E-state index in [0.29, 0.717) is 134 Å². The molecule has 1 saturated carbocycles. The first-order valence-corrected chi connectivity index (χ1v) is 30.4. The summed E-state index contributed by atoms with van der Waals surface area (Å²) in [5.74, 6) is -3.35. The van der Waals surface area contributed by atoms with Crippen LogP contribution in [0.4, 0.5) is 0 Å². The number of likely N-dealkylation sites (N-methyl/N-ethyl adjacent to an activating group) is 1. The van der Waals surface area contributed by atoms with Crippen molar-refractivity contribution in [2.75, 3.05) is 132 Å². The van der Waals surface area contributed by atoms with Crippen molar-refractivity contribution in [3.63, 3.8) is 0 Å². The van der Waals surface area contributed by atoms with Gasteiger partial charge in [-0.15, -0.1) is 11.3 Å². The summed E-state index contributed by atoms with van der Waals surface area (Å²) in [4.78, 5) is 118.